The molecule has 0 unspecified atom stereocenters. The molecule has 2 aromatic carbocycles. The molecule has 5 nitrogen and oxygen atoms in total. The monoisotopic (exact) mass is 312 g/mol. The van der Waals surface area contributed by atoms with Gasteiger partial charge in [-0.3, -0.25) is 9.59 Å². The molecule has 0 aromatic heterocycles. The van der Waals surface area contributed by atoms with Crippen LogP contribution in [0.15, 0.2) is 53.3 Å². The van der Waals surface area contributed by atoms with Gasteiger partial charge in [0.1, 0.15) is 11.5 Å². The molecule has 5 heteroatoms. The molecule has 118 valence electrons. The number of hydrogen-bond acceptors (Lipinski definition) is 5. The Morgan fingerprint density at radius 3 is 2.52 bits per heavy atom. The van der Waals surface area contributed by atoms with Gasteiger partial charge in [-0.25, -0.2) is 0 Å². The number of carbonyl (C=O) groups is 1. The van der Waals surface area contributed by atoms with E-state index in [2.05, 4.69) is 0 Å². The van der Waals surface area contributed by atoms with E-state index in [1.54, 1.807) is 31.4 Å². The number of ether oxygens (including phenoxy) is 2. The fraction of sp³-hybridized carbons (Fsp3) is 0.111. The maximum Gasteiger partial charge on any atom is 0.220 e. The highest BCUT2D eigenvalue weighted by molar-refractivity contribution is 6.08. The number of ketones is 1. The van der Waals surface area contributed by atoms with E-state index in [0.717, 1.165) is 0 Å². The Balaban J connectivity index is 2.35. The summed E-state index contributed by atoms with van der Waals surface area (Å²) < 4.78 is 10.3. The van der Waals surface area contributed by atoms with E-state index in [-0.39, 0.29) is 5.56 Å². The molecule has 0 aliphatic heterocycles. The zero-order valence-corrected chi connectivity index (χ0v) is 12.8. The number of methoxy groups -OCH3 is 2. The van der Waals surface area contributed by atoms with Crippen LogP contribution in [0.5, 0.6) is 17.2 Å². The SMILES string of the molecule is COc1ccc(/C=C\C(=O)c2ccccc(=O)c2O)c(OC)c1. The van der Waals surface area contributed by atoms with Crippen LogP contribution in [0.25, 0.3) is 6.08 Å². The van der Waals surface area contributed by atoms with Gasteiger partial charge in [0.15, 0.2) is 11.5 Å². The normalized spacial score (nSPS) is 10.5. The highest BCUT2D eigenvalue weighted by Crippen LogP contribution is 2.25. The van der Waals surface area contributed by atoms with E-state index in [0.29, 0.717) is 17.1 Å². The molecule has 0 aliphatic rings. The topological polar surface area (TPSA) is 72.8 Å². The van der Waals surface area contributed by atoms with Crippen molar-refractivity contribution in [1.29, 1.82) is 0 Å². The van der Waals surface area contributed by atoms with Crippen LogP contribution < -0.4 is 14.9 Å². The lowest BCUT2D eigenvalue weighted by molar-refractivity contribution is 0.104. The molecular formula is C18H16O5. The van der Waals surface area contributed by atoms with E-state index in [1.165, 1.54) is 37.5 Å². The number of hydrogen-bond donors (Lipinski definition) is 1. The van der Waals surface area contributed by atoms with Gasteiger partial charge in [-0.05, 0) is 36.4 Å². The molecule has 23 heavy (non-hydrogen) atoms. The first-order valence-corrected chi connectivity index (χ1v) is 6.83. The Bertz CT molecular complexity index is 809. The molecule has 2 aromatic rings. The van der Waals surface area contributed by atoms with Gasteiger partial charge in [0.25, 0.3) is 0 Å². The summed E-state index contributed by atoms with van der Waals surface area (Å²) in [6, 6.07) is 10.8. The molecular weight excluding hydrogens is 296 g/mol. The fourth-order valence-electron chi connectivity index (χ4n) is 2.00. The first-order valence-electron chi connectivity index (χ1n) is 6.83. The third-order valence-corrected chi connectivity index (χ3v) is 3.23. The summed E-state index contributed by atoms with van der Waals surface area (Å²) in [4.78, 5) is 23.7. The standard InChI is InChI=1S/C18H16O5/c1-22-13-9-7-12(17(11-13)23-2)8-10-15(19)14-5-3-4-6-16(20)18(14)21/h3-11H,1-2H3,(H,20,21)/b10-8-. The highest BCUT2D eigenvalue weighted by atomic mass is 16.5. The lowest BCUT2D eigenvalue weighted by atomic mass is 10.1. The molecule has 0 amide bonds. The summed E-state index contributed by atoms with van der Waals surface area (Å²) in [5.74, 6) is 0.134. The van der Waals surface area contributed by atoms with E-state index in [1.807, 2.05) is 0 Å². The van der Waals surface area contributed by atoms with Crippen molar-refractivity contribution >= 4 is 11.9 Å². The predicted molar refractivity (Wildman–Crippen MR) is 87.3 cm³/mol. The van der Waals surface area contributed by atoms with Crippen LogP contribution >= 0.6 is 0 Å². The van der Waals surface area contributed by atoms with Crippen molar-refractivity contribution < 1.29 is 19.4 Å². The van der Waals surface area contributed by atoms with Crippen LogP contribution in [0.3, 0.4) is 0 Å². The van der Waals surface area contributed by atoms with Crippen LogP contribution in [0.1, 0.15) is 15.9 Å². The van der Waals surface area contributed by atoms with Gasteiger partial charge in [0.05, 0.1) is 19.8 Å². The Morgan fingerprint density at radius 1 is 1.09 bits per heavy atom. The molecule has 2 rings (SSSR count). The molecule has 0 bridgehead atoms. The molecule has 0 spiro atoms. The Labute approximate surface area is 133 Å². The Kier molecular flexibility index (Phi) is 5.15. The predicted octanol–water partition coefficient (Wildman–Crippen LogP) is 2.67. The summed E-state index contributed by atoms with van der Waals surface area (Å²) in [5, 5.41) is 9.79. The van der Waals surface area contributed by atoms with Crippen LogP contribution in [-0.4, -0.2) is 25.1 Å². The quantitative estimate of drug-likeness (QED) is 0.679. The minimum absolute atomic E-state index is 0.0521. The minimum atomic E-state index is -0.603. The summed E-state index contributed by atoms with van der Waals surface area (Å²) in [5.41, 5.74) is 0.0151. The first kappa shape index (κ1) is 16.3. The lowest BCUT2D eigenvalue weighted by Gasteiger charge is -2.07. The van der Waals surface area contributed by atoms with Crippen molar-refractivity contribution in [3.05, 3.63) is 69.9 Å². The minimum Gasteiger partial charge on any atom is -0.504 e. The van der Waals surface area contributed by atoms with Crippen molar-refractivity contribution in [2.45, 2.75) is 0 Å². The average molecular weight is 312 g/mol. The van der Waals surface area contributed by atoms with Crippen molar-refractivity contribution in [1.82, 2.24) is 0 Å². The van der Waals surface area contributed by atoms with Crippen LogP contribution in [0.2, 0.25) is 0 Å². The number of carbonyl (C=O) groups excluding carboxylic acids is 1. The summed E-state index contributed by atoms with van der Waals surface area (Å²) in [6.07, 6.45) is 2.83. The van der Waals surface area contributed by atoms with Crippen LogP contribution in [0, 0.1) is 0 Å². The van der Waals surface area contributed by atoms with Crippen molar-refractivity contribution in [2.24, 2.45) is 0 Å². The zero-order valence-electron chi connectivity index (χ0n) is 12.8. The van der Waals surface area contributed by atoms with Crippen LogP contribution in [0.4, 0.5) is 0 Å². The molecule has 0 radical (unpaired) electrons. The molecule has 0 saturated carbocycles. The van der Waals surface area contributed by atoms with Gasteiger partial charge in [-0.15, -0.1) is 0 Å². The first-order chi connectivity index (χ1) is 11.1. The van der Waals surface area contributed by atoms with E-state index in [9.17, 15) is 14.7 Å². The Hall–Kier alpha value is -3.08. The smallest absolute Gasteiger partial charge is 0.220 e. The van der Waals surface area contributed by atoms with E-state index in [4.69, 9.17) is 9.47 Å². The molecule has 0 atom stereocenters. The zero-order chi connectivity index (χ0) is 16.8. The van der Waals surface area contributed by atoms with Crippen molar-refractivity contribution in [3.8, 4) is 17.2 Å². The molecule has 0 heterocycles. The van der Waals surface area contributed by atoms with Crippen molar-refractivity contribution in [3.63, 3.8) is 0 Å². The van der Waals surface area contributed by atoms with Gasteiger partial charge in [0, 0.05) is 11.6 Å². The summed E-state index contributed by atoms with van der Waals surface area (Å²) in [6.45, 7) is 0. The molecule has 0 saturated heterocycles. The maximum absolute atomic E-state index is 12.2. The van der Waals surface area contributed by atoms with Gasteiger partial charge < -0.3 is 14.6 Å². The number of allylic oxidation sites excluding steroid dienone is 1. The summed E-state index contributed by atoms with van der Waals surface area (Å²) in [7, 11) is 3.06. The second-order valence-electron chi connectivity index (χ2n) is 4.65. The van der Waals surface area contributed by atoms with E-state index < -0.39 is 17.0 Å². The highest BCUT2D eigenvalue weighted by Gasteiger charge is 2.10. The number of aromatic hydroxyl groups is 1. The van der Waals surface area contributed by atoms with Gasteiger partial charge in [0.2, 0.25) is 5.43 Å². The Morgan fingerprint density at radius 2 is 1.83 bits per heavy atom. The third kappa shape index (κ3) is 3.77. The van der Waals surface area contributed by atoms with Crippen molar-refractivity contribution in [2.75, 3.05) is 14.2 Å². The second kappa shape index (κ2) is 7.26. The number of rotatable bonds is 5. The average Bonchev–Trinajstić information content (AvgIpc) is 2.74. The fourth-order valence-corrected chi connectivity index (χ4v) is 2.00. The largest absolute Gasteiger partial charge is 0.504 e. The van der Waals surface area contributed by atoms with Gasteiger partial charge in [-0.2, -0.15) is 0 Å². The van der Waals surface area contributed by atoms with Gasteiger partial charge >= 0.3 is 0 Å². The molecule has 1 N–H and O–H groups in total. The maximum atomic E-state index is 12.2. The lowest BCUT2D eigenvalue weighted by Crippen LogP contribution is -2.01. The van der Waals surface area contributed by atoms with E-state index >= 15 is 0 Å². The third-order valence-electron chi connectivity index (χ3n) is 3.23. The second-order valence-corrected chi connectivity index (χ2v) is 4.65. The number of benzene rings is 1. The van der Waals surface area contributed by atoms with Crippen LogP contribution in [-0.2, 0) is 0 Å². The molecule has 0 aliphatic carbocycles. The van der Waals surface area contributed by atoms with Gasteiger partial charge in [-0.1, -0.05) is 12.1 Å². The molecule has 0 fully saturated rings. The summed E-state index contributed by atoms with van der Waals surface area (Å²) >= 11 is 0.